The summed E-state index contributed by atoms with van der Waals surface area (Å²) in [6.07, 6.45) is -5.08. The number of benzene rings is 1. The number of hydrogen-bond donors (Lipinski definition) is 2. The summed E-state index contributed by atoms with van der Waals surface area (Å²) in [5, 5.41) is 10.4. The Labute approximate surface area is 129 Å². The van der Waals surface area contributed by atoms with E-state index in [1.165, 1.54) is 5.56 Å². The van der Waals surface area contributed by atoms with Gasteiger partial charge in [0, 0.05) is 26.2 Å². The van der Waals surface area contributed by atoms with Crippen molar-refractivity contribution in [2.24, 2.45) is 0 Å². The van der Waals surface area contributed by atoms with Gasteiger partial charge >= 0.3 is 12.1 Å². The summed E-state index contributed by atoms with van der Waals surface area (Å²) in [6.45, 7) is 4.58. The molecule has 3 rings (SSSR count). The van der Waals surface area contributed by atoms with Gasteiger partial charge in [-0.05, 0) is 23.3 Å². The zero-order valence-corrected chi connectivity index (χ0v) is 12.1. The average Bonchev–Trinajstić information content (AvgIpc) is 2.94. The number of carboxylic acids is 1. The summed E-state index contributed by atoms with van der Waals surface area (Å²) in [5.74, 6) is -2.86. The molecular weight excluding hydrogens is 320 g/mol. The Morgan fingerprint density at radius 1 is 1.17 bits per heavy atom. The lowest BCUT2D eigenvalue weighted by Crippen LogP contribution is -2.36. The monoisotopic (exact) mass is 336 g/mol. The van der Waals surface area contributed by atoms with Crippen LogP contribution in [0.4, 0.5) is 23.2 Å². The van der Waals surface area contributed by atoms with Crippen LogP contribution in [0.5, 0.6) is 0 Å². The molecule has 2 aliphatic rings. The van der Waals surface area contributed by atoms with E-state index < -0.39 is 12.1 Å². The van der Waals surface area contributed by atoms with Crippen LogP contribution in [0.1, 0.15) is 11.1 Å². The lowest BCUT2D eigenvalue weighted by molar-refractivity contribution is -0.192. The van der Waals surface area contributed by atoms with E-state index in [1.54, 1.807) is 6.07 Å². The van der Waals surface area contributed by atoms with E-state index in [0.717, 1.165) is 37.4 Å². The molecule has 1 aromatic carbocycles. The van der Waals surface area contributed by atoms with Crippen molar-refractivity contribution in [1.82, 2.24) is 5.32 Å². The van der Waals surface area contributed by atoms with Gasteiger partial charge in [0.05, 0.1) is 18.9 Å². The molecule has 0 bridgehead atoms. The highest BCUT2D eigenvalue weighted by Gasteiger charge is 2.38. The molecule has 1 fully saturated rings. The largest absolute Gasteiger partial charge is 0.490 e. The van der Waals surface area contributed by atoms with Crippen molar-refractivity contribution < 1.29 is 32.2 Å². The summed E-state index contributed by atoms with van der Waals surface area (Å²) in [6, 6.07) is 3.65. The zero-order valence-electron chi connectivity index (χ0n) is 12.1. The second kappa shape index (κ2) is 7.14. The van der Waals surface area contributed by atoms with Crippen LogP contribution in [0.15, 0.2) is 12.1 Å². The number of anilines is 1. The molecule has 23 heavy (non-hydrogen) atoms. The van der Waals surface area contributed by atoms with Gasteiger partial charge < -0.3 is 20.1 Å². The van der Waals surface area contributed by atoms with E-state index in [0.29, 0.717) is 13.2 Å². The number of morpholine rings is 1. The molecule has 0 saturated carbocycles. The van der Waals surface area contributed by atoms with Gasteiger partial charge in [-0.1, -0.05) is 0 Å². The Bertz CT molecular complexity index is 572. The van der Waals surface area contributed by atoms with Crippen molar-refractivity contribution in [3.8, 4) is 0 Å². The highest BCUT2D eigenvalue weighted by molar-refractivity contribution is 5.73. The molecule has 128 valence electrons. The van der Waals surface area contributed by atoms with Gasteiger partial charge in [0.25, 0.3) is 0 Å². The Hall–Kier alpha value is -1.87. The molecule has 0 aliphatic carbocycles. The number of aliphatic carboxylic acids is 1. The summed E-state index contributed by atoms with van der Waals surface area (Å²) in [7, 11) is 0. The van der Waals surface area contributed by atoms with Crippen LogP contribution in [0.3, 0.4) is 0 Å². The first-order valence-electron chi connectivity index (χ1n) is 6.94. The van der Waals surface area contributed by atoms with E-state index in [1.807, 2.05) is 6.07 Å². The molecule has 0 unspecified atom stereocenters. The summed E-state index contributed by atoms with van der Waals surface area (Å²) < 4.78 is 50.9. The predicted octanol–water partition coefficient (Wildman–Crippen LogP) is 1.90. The van der Waals surface area contributed by atoms with Crippen molar-refractivity contribution >= 4 is 11.7 Å². The van der Waals surface area contributed by atoms with Gasteiger partial charge in [-0.3, -0.25) is 0 Å². The molecule has 0 atom stereocenters. The second-order valence-corrected chi connectivity index (χ2v) is 5.08. The molecule has 0 aromatic heterocycles. The number of halogens is 4. The third kappa shape index (κ3) is 4.55. The maximum Gasteiger partial charge on any atom is 0.490 e. The zero-order chi connectivity index (χ0) is 17.0. The number of carbonyl (C=O) groups is 1. The Morgan fingerprint density at radius 2 is 1.70 bits per heavy atom. The fraction of sp³-hybridized carbons (Fsp3) is 0.500. The normalized spacial score (nSPS) is 17.3. The molecule has 1 aromatic rings. The van der Waals surface area contributed by atoms with Crippen molar-refractivity contribution in [2.75, 3.05) is 31.2 Å². The van der Waals surface area contributed by atoms with Crippen LogP contribution in [0, 0.1) is 5.82 Å². The molecular formula is C14H16F4N2O3. The SMILES string of the molecule is Fc1cc2c(cc1N1CCOCC1)CNC2.O=C(O)C(F)(F)F. The Balaban J connectivity index is 0.000000236. The van der Waals surface area contributed by atoms with Gasteiger partial charge in [-0.25, -0.2) is 9.18 Å². The highest BCUT2D eigenvalue weighted by Crippen LogP contribution is 2.27. The van der Waals surface area contributed by atoms with Gasteiger partial charge in [0.1, 0.15) is 5.82 Å². The van der Waals surface area contributed by atoms with Crippen LogP contribution in [-0.2, 0) is 22.6 Å². The molecule has 5 nitrogen and oxygen atoms in total. The van der Waals surface area contributed by atoms with Crippen LogP contribution >= 0.6 is 0 Å². The third-order valence-electron chi connectivity index (χ3n) is 3.49. The van der Waals surface area contributed by atoms with E-state index in [4.69, 9.17) is 14.6 Å². The topological polar surface area (TPSA) is 61.8 Å². The molecule has 2 heterocycles. The van der Waals surface area contributed by atoms with Gasteiger partial charge in [-0.2, -0.15) is 13.2 Å². The Kier molecular flexibility index (Phi) is 5.42. The van der Waals surface area contributed by atoms with E-state index in [9.17, 15) is 17.6 Å². The first-order valence-corrected chi connectivity index (χ1v) is 6.94. The Morgan fingerprint density at radius 3 is 2.22 bits per heavy atom. The average molecular weight is 336 g/mol. The molecule has 2 aliphatic heterocycles. The first-order chi connectivity index (χ1) is 10.8. The minimum Gasteiger partial charge on any atom is -0.475 e. The van der Waals surface area contributed by atoms with Gasteiger partial charge in [0.15, 0.2) is 0 Å². The van der Waals surface area contributed by atoms with Crippen molar-refractivity contribution in [1.29, 1.82) is 0 Å². The number of nitrogens with zero attached hydrogens (tertiary/aromatic N) is 1. The van der Waals surface area contributed by atoms with E-state index >= 15 is 0 Å². The number of alkyl halides is 3. The lowest BCUT2D eigenvalue weighted by atomic mass is 10.1. The quantitative estimate of drug-likeness (QED) is 0.767. The lowest BCUT2D eigenvalue weighted by Gasteiger charge is -2.29. The number of ether oxygens (including phenoxy) is 1. The molecule has 1 saturated heterocycles. The fourth-order valence-electron chi connectivity index (χ4n) is 2.35. The summed E-state index contributed by atoms with van der Waals surface area (Å²) in [4.78, 5) is 11.0. The summed E-state index contributed by atoms with van der Waals surface area (Å²) in [5.41, 5.74) is 3.04. The molecule has 0 radical (unpaired) electrons. The number of rotatable bonds is 1. The molecule has 2 N–H and O–H groups in total. The molecule has 9 heteroatoms. The van der Waals surface area contributed by atoms with Crippen LogP contribution in [-0.4, -0.2) is 43.6 Å². The fourth-order valence-corrected chi connectivity index (χ4v) is 2.35. The van der Waals surface area contributed by atoms with Crippen LogP contribution in [0.25, 0.3) is 0 Å². The second-order valence-electron chi connectivity index (χ2n) is 5.08. The van der Waals surface area contributed by atoms with Crippen molar-refractivity contribution in [3.63, 3.8) is 0 Å². The number of hydrogen-bond acceptors (Lipinski definition) is 4. The minimum atomic E-state index is -5.08. The smallest absolute Gasteiger partial charge is 0.475 e. The maximum atomic E-state index is 13.9. The van der Waals surface area contributed by atoms with Gasteiger partial charge in [-0.15, -0.1) is 0 Å². The van der Waals surface area contributed by atoms with E-state index in [-0.39, 0.29) is 5.82 Å². The van der Waals surface area contributed by atoms with Crippen molar-refractivity contribution in [3.05, 3.63) is 29.1 Å². The maximum absolute atomic E-state index is 13.9. The highest BCUT2D eigenvalue weighted by atomic mass is 19.4. The molecule has 0 spiro atoms. The standard InChI is InChI=1S/C12H15FN2O.C2HF3O2/c13-11-5-9-7-14-8-10(9)6-12(11)15-1-3-16-4-2-15;3-2(4,5)1(6)7/h5-6,14H,1-4,7-8H2;(H,6,7). The van der Waals surface area contributed by atoms with Crippen LogP contribution in [0.2, 0.25) is 0 Å². The molecule has 0 amide bonds. The summed E-state index contributed by atoms with van der Waals surface area (Å²) >= 11 is 0. The number of fused-ring (bicyclic) bond motifs is 1. The van der Waals surface area contributed by atoms with Gasteiger partial charge in [0.2, 0.25) is 0 Å². The third-order valence-corrected chi connectivity index (χ3v) is 3.49. The van der Waals surface area contributed by atoms with E-state index in [2.05, 4.69) is 10.2 Å². The van der Waals surface area contributed by atoms with Crippen LogP contribution < -0.4 is 10.2 Å². The first kappa shape index (κ1) is 17.5. The number of carboxylic acid groups (broad SMARTS) is 1. The number of nitrogens with one attached hydrogen (secondary N) is 1. The predicted molar refractivity (Wildman–Crippen MR) is 73.7 cm³/mol. The van der Waals surface area contributed by atoms with Crippen molar-refractivity contribution in [2.45, 2.75) is 19.3 Å². The minimum absolute atomic E-state index is 0.107.